The molecule has 1 amide bonds. The Morgan fingerprint density at radius 3 is 2.63 bits per heavy atom. The van der Waals surface area contributed by atoms with Gasteiger partial charge in [-0.2, -0.15) is 0 Å². The molecule has 5 aromatic rings. The number of nitrogens with zero attached hydrogens (tertiary/aromatic N) is 4. The van der Waals surface area contributed by atoms with Gasteiger partial charge in [0.25, 0.3) is 5.91 Å². The number of hydrogen-bond donors (Lipinski definition) is 2. The van der Waals surface area contributed by atoms with Crippen molar-refractivity contribution in [2.45, 2.75) is 32.8 Å². The Balaban J connectivity index is 1.50. The SMILES string of the molecule is Cc1cc(-c2nc(C(=O)Nc3cn4cc(CC(C)(C)O)nc4cc3-c3ccccc3)co2)ccn1. The number of carbonyl (C=O) groups excluding carboxylic acids is 1. The van der Waals surface area contributed by atoms with E-state index >= 15 is 0 Å². The van der Waals surface area contributed by atoms with Crippen LogP contribution in [-0.2, 0) is 6.42 Å². The van der Waals surface area contributed by atoms with E-state index in [-0.39, 0.29) is 11.6 Å². The van der Waals surface area contributed by atoms with Crippen molar-refractivity contribution in [3.8, 4) is 22.6 Å². The van der Waals surface area contributed by atoms with E-state index < -0.39 is 5.60 Å². The molecule has 0 unspecified atom stereocenters. The fourth-order valence-electron chi connectivity index (χ4n) is 3.95. The Labute approximate surface area is 202 Å². The number of oxazole rings is 1. The summed E-state index contributed by atoms with van der Waals surface area (Å²) < 4.78 is 7.41. The van der Waals surface area contributed by atoms with Crippen molar-refractivity contribution in [2.75, 3.05) is 5.32 Å². The molecule has 176 valence electrons. The highest BCUT2D eigenvalue weighted by Crippen LogP contribution is 2.30. The third kappa shape index (κ3) is 4.97. The Morgan fingerprint density at radius 2 is 1.89 bits per heavy atom. The molecule has 0 aliphatic rings. The molecule has 4 aromatic heterocycles. The molecule has 0 radical (unpaired) electrons. The lowest BCUT2D eigenvalue weighted by Crippen LogP contribution is -2.21. The largest absolute Gasteiger partial charge is 0.444 e. The normalized spacial score (nSPS) is 11.7. The molecule has 0 bridgehead atoms. The molecule has 2 N–H and O–H groups in total. The number of pyridine rings is 2. The summed E-state index contributed by atoms with van der Waals surface area (Å²) in [6, 6.07) is 15.3. The number of imidazole rings is 1. The van der Waals surface area contributed by atoms with Crippen LogP contribution in [-0.4, -0.2) is 36.0 Å². The predicted molar refractivity (Wildman–Crippen MR) is 133 cm³/mol. The number of benzene rings is 1. The van der Waals surface area contributed by atoms with Gasteiger partial charge in [0, 0.05) is 41.8 Å². The smallest absolute Gasteiger partial charge is 0.277 e. The molecule has 0 aliphatic heterocycles. The van der Waals surface area contributed by atoms with Gasteiger partial charge in [-0.25, -0.2) is 9.97 Å². The summed E-state index contributed by atoms with van der Waals surface area (Å²) >= 11 is 0. The maximum atomic E-state index is 13.1. The van der Waals surface area contributed by atoms with Gasteiger partial charge in [-0.15, -0.1) is 0 Å². The molecule has 0 spiro atoms. The van der Waals surface area contributed by atoms with Crippen LogP contribution >= 0.6 is 0 Å². The fraction of sp³-hybridized carbons (Fsp3) is 0.185. The Hall–Kier alpha value is -4.30. The summed E-state index contributed by atoms with van der Waals surface area (Å²) in [5.74, 6) is -0.0376. The second-order valence-corrected chi connectivity index (χ2v) is 9.13. The molecule has 0 saturated heterocycles. The van der Waals surface area contributed by atoms with E-state index in [0.717, 1.165) is 33.7 Å². The van der Waals surface area contributed by atoms with E-state index in [0.29, 0.717) is 18.0 Å². The molecule has 0 aliphatic carbocycles. The minimum Gasteiger partial charge on any atom is -0.444 e. The maximum absolute atomic E-state index is 13.1. The molecule has 0 atom stereocenters. The van der Waals surface area contributed by atoms with Crippen LogP contribution in [0.3, 0.4) is 0 Å². The van der Waals surface area contributed by atoms with E-state index in [1.54, 1.807) is 26.1 Å². The minimum atomic E-state index is -0.880. The number of nitrogens with one attached hydrogen (secondary N) is 1. The summed E-state index contributed by atoms with van der Waals surface area (Å²) in [5.41, 5.74) is 4.71. The van der Waals surface area contributed by atoms with Gasteiger partial charge < -0.3 is 19.2 Å². The van der Waals surface area contributed by atoms with Gasteiger partial charge in [0.1, 0.15) is 11.9 Å². The van der Waals surface area contributed by atoms with Gasteiger partial charge in [-0.05, 0) is 44.5 Å². The highest BCUT2D eigenvalue weighted by molar-refractivity contribution is 6.05. The van der Waals surface area contributed by atoms with Crippen LogP contribution in [0.5, 0.6) is 0 Å². The average Bonchev–Trinajstić information content (AvgIpc) is 3.45. The Morgan fingerprint density at radius 1 is 1.09 bits per heavy atom. The highest BCUT2D eigenvalue weighted by Gasteiger charge is 2.19. The molecule has 5 rings (SSSR count). The second kappa shape index (κ2) is 8.81. The van der Waals surface area contributed by atoms with E-state index in [1.165, 1.54) is 6.26 Å². The predicted octanol–water partition coefficient (Wildman–Crippen LogP) is 4.93. The molecule has 8 heteroatoms. The van der Waals surface area contributed by atoms with E-state index in [4.69, 9.17) is 4.42 Å². The standard InChI is InChI=1S/C27H25N5O3/c1-17-11-19(9-10-28-17)26-31-23(16-35-26)25(33)30-22-15-32-14-20(13-27(2,3)34)29-24(32)12-21(22)18-7-5-4-6-8-18/h4-12,14-16,34H,13H2,1-3H3,(H,30,33). The molecule has 1 aromatic carbocycles. The molecule has 0 fully saturated rings. The first-order valence-electron chi connectivity index (χ1n) is 11.2. The van der Waals surface area contributed by atoms with Gasteiger partial charge in [-0.3, -0.25) is 9.78 Å². The highest BCUT2D eigenvalue weighted by atomic mass is 16.3. The van der Waals surface area contributed by atoms with Crippen molar-refractivity contribution < 1.29 is 14.3 Å². The van der Waals surface area contributed by atoms with Crippen LogP contribution in [0.25, 0.3) is 28.2 Å². The number of aryl methyl sites for hydroxylation is 1. The first-order chi connectivity index (χ1) is 16.7. The average molecular weight is 468 g/mol. The summed E-state index contributed by atoms with van der Waals surface area (Å²) in [6.45, 7) is 5.37. The number of amides is 1. The fourth-order valence-corrected chi connectivity index (χ4v) is 3.95. The number of anilines is 1. The van der Waals surface area contributed by atoms with Crippen LogP contribution in [0.15, 0.2) is 77.8 Å². The number of hydrogen-bond acceptors (Lipinski definition) is 6. The monoisotopic (exact) mass is 467 g/mol. The molecular formula is C27H25N5O3. The van der Waals surface area contributed by atoms with Crippen molar-refractivity contribution in [1.82, 2.24) is 19.4 Å². The van der Waals surface area contributed by atoms with Crippen LogP contribution in [0, 0.1) is 6.92 Å². The third-order valence-electron chi connectivity index (χ3n) is 5.47. The summed E-state index contributed by atoms with van der Waals surface area (Å²) in [6.07, 6.45) is 7.11. The zero-order valence-electron chi connectivity index (χ0n) is 19.7. The van der Waals surface area contributed by atoms with Crippen molar-refractivity contribution in [3.63, 3.8) is 0 Å². The van der Waals surface area contributed by atoms with Gasteiger partial charge in [0.05, 0.1) is 17.0 Å². The molecule has 4 heterocycles. The second-order valence-electron chi connectivity index (χ2n) is 9.13. The summed E-state index contributed by atoms with van der Waals surface area (Å²) in [4.78, 5) is 26.3. The lowest BCUT2D eigenvalue weighted by molar-refractivity contribution is 0.0800. The van der Waals surface area contributed by atoms with Crippen LogP contribution in [0.4, 0.5) is 5.69 Å². The third-order valence-corrected chi connectivity index (χ3v) is 5.47. The Bertz CT molecular complexity index is 1510. The van der Waals surface area contributed by atoms with Crippen molar-refractivity contribution in [2.24, 2.45) is 0 Å². The van der Waals surface area contributed by atoms with E-state index in [1.807, 2.05) is 66.2 Å². The zero-order valence-corrected chi connectivity index (χ0v) is 19.7. The summed E-state index contributed by atoms with van der Waals surface area (Å²) in [7, 11) is 0. The molecular weight excluding hydrogens is 442 g/mol. The number of fused-ring (bicyclic) bond motifs is 1. The van der Waals surface area contributed by atoms with Gasteiger partial charge in [0.2, 0.25) is 5.89 Å². The van der Waals surface area contributed by atoms with Crippen LogP contribution in [0.1, 0.15) is 35.7 Å². The number of carbonyl (C=O) groups is 1. The first-order valence-corrected chi connectivity index (χ1v) is 11.2. The lowest BCUT2D eigenvalue weighted by atomic mass is 10.0. The quantitative estimate of drug-likeness (QED) is 0.367. The van der Waals surface area contributed by atoms with Gasteiger partial charge in [-0.1, -0.05) is 30.3 Å². The number of rotatable bonds is 6. The maximum Gasteiger partial charge on any atom is 0.277 e. The summed E-state index contributed by atoms with van der Waals surface area (Å²) in [5, 5.41) is 13.2. The van der Waals surface area contributed by atoms with Crippen LogP contribution in [0.2, 0.25) is 0 Å². The molecule has 0 saturated carbocycles. The zero-order chi connectivity index (χ0) is 24.6. The van der Waals surface area contributed by atoms with Crippen molar-refractivity contribution >= 4 is 17.2 Å². The lowest BCUT2D eigenvalue weighted by Gasteiger charge is -2.14. The van der Waals surface area contributed by atoms with Crippen molar-refractivity contribution in [1.29, 1.82) is 0 Å². The van der Waals surface area contributed by atoms with E-state index in [2.05, 4.69) is 20.3 Å². The number of aromatic nitrogens is 4. The minimum absolute atomic E-state index is 0.168. The van der Waals surface area contributed by atoms with Gasteiger partial charge >= 0.3 is 0 Å². The first kappa shape index (κ1) is 22.5. The number of aliphatic hydroxyl groups is 1. The van der Waals surface area contributed by atoms with Gasteiger partial charge in [0.15, 0.2) is 5.69 Å². The topological polar surface area (TPSA) is 106 Å². The van der Waals surface area contributed by atoms with Crippen LogP contribution < -0.4 is 5.32 Å². The molecule has 8 nitrogen and oxygen atoms in total. The molecule has 35 heavy (non-hydrogen) atoms. The Kier molecular flexibility index (Phi) is 5.66. The van der Waals surface area contributed by atoms with Crippen molar-refractivity contribution in [3.05, 3.63) is 90.5 Å². The van der Waals surface area contributed by atoms with E-state index in [9.17, 15) is 9.90 Å².